The van der Waals surface area contributed by atoms with Gasteiger partial charge in [0.25, 0.3) is 5.56 Å². The first-order valence-electron chi connectivity index (χ1n) is 6.28. The maximum atomic E-state index is 12.0. The first-order valence-corrected chi connectivity index (χ1v) is 7.15. The minimum absolute atomic E-state index is 0.120. The van der Waals surface area contributed by atoms with Crippen molar-refractivity contribution >= 4 is 16.3 Å². The normalized spacial score (nSPS) is 10.5. The zero-order valence-electron chi connectivity index (χ0n) is 11.2. The number of aromatic nitrogens is 2. The Kier molecular flexibility index (Phi) is 3.42. The van der Waals surface area contributed by atoms with Gasteiger partial charge >= 0.3 is 0 Å². The van der Waals surface area contributed by atoms with Crippen LogP contribution in [0.25, 0.3) is 4.96 Å². The van der Waals surface area contributed by atoms with Gasteiger partial charge in [0.15, 0.2) is 4.96 Å². The van der Waals surface area contributed by atoms with Crippen LogP contribution in [-0.2, 0) is 6.61 Å². The molecule has 0 atom stereocenters. The average molecular weight is 297 g/mol. The summed E-state index contributed by atoms with van der Waals surface area (Å²) >= 11 is 1.42. The Morgan fingerprint density at radius 3 is 3.05 bits per heavy atom. The fourth-order valence-corrected chi connectivity index (χ4v) is 2.90. The number of para-hydroxylation sites is 1. The van der Waals surface area contributed by atoms with Crippen molar-refractivity contribution in [2.75, 3.05) is 0 Å². The third-order valence-electron chi connectivity index (χ3n) is 3.01. The van der Waals surface area contributed by atoms with Crippen LogP contribution in [0.4, 0.5) is 0 Å². The minimum atomic E-state index is -0.120. The molecule has 0 amide bonds. The van der Waals surface area contributed by atoms with E-state index >= 15 is 0 Å². The van der Waals surface area contributed by atoms with E-state index in [0.29, 0.717) is 22.0 Å². The van der Waals surface area contributed by atoms with Gasteiger partial charge in [-0.3, -0.25) is 9.20 Å². The number of hydrogen-bond acceptors (Lipinski definition) is 5. The van der Waals surface area contributed by atoms with Crippen LogP contribution in [-0.4, -0.2) is 9.38 Å². The van der Waals surface area contributed by atoms with Crippen LogP contribution in [0.15, 0.2) is 40.5 Å². The highest BCUT2D eigenvalue weighted by Crippen LogP contribution is 2.18. The number of nitriles is 1. The Bertz CT molecular complexity index is 905. The molecule has 0 bridgehead atoms. The third kappa shape index (κ3) is 2.51. The second-order valence-electron chi connectivity index (χ2n) is 4.48. The van der Waals surface area contributed by atoms with E-state index in [1.165, 1.54) is 17.4 Å². The van der Waals surface area contributed by atoms with Crippen LogP contribution >= 0.6 is 11.3 Å². The van der Waals surface area contributed by atoms with Crippen molar-refractivity contribution in [3.8, 4) is 11.8 Å². The molecule has 3 aromatic rings. The van der Waals surface area contributed by atoms with Gasteiger partial charge in [-0.25, -0.2) is 4.98 Å². The van der Waals surface area contributed by atoms with Crippen molar-refractivity contribution in [1.29, 1.82) is 5.26 Å². The molecule has 0 saturated heterocycles. The molecular formula is C15H11N3O2S. The van der Waals surface area contributed by atoms with E-state index in [4.69, 9.17) is 10.00 Å². The number of benzene rings is 1. The zero-order valence-corrected chi connectivity index (χ0v) is 12.1. The number of aryl methyl sites for hydroxylation is 1. The summed E-state index contributed by atoms with van der Waals surface area (Å²) in [7, 11) is 0. The molecule has 2 heterocycles. The third-order valence-corrected chi connectivity index (χ3v) is 3.96. The van der Waals surface area contributed by atoms with Crippen LogP contribution in [0.3, 0.4) is 0 Å². The van der Waals surface area contributed by atoms with Gasteiger partial charge in [0.1, 0.15) is 18.4 Å². The lowest BCUT2D eigenvalue weighted by Gasteiger charge is -2.07. The molecule has 3 rings (SSSR count). The summed E-state index contributed by atoms with van der Waals surface area (Å²) in [6, 6.07) is 10.5. The van der Waals surface area contributed by atoms with Gasteiger partial charge in [0, 0.05) is 17.1 Å². The Hall–Kier alpha value is -2.65. The Morgan fingerprint density at radius 1 is 1.43 bits per heavy atom. The Morgan fingerprint density at radius 2 is 2.24 bits per heavy atom. The molecule has 5 nitrogen and oxygen atoms in total. The first-order chi connectivity index (χ1) is 10.2. The highest BCUT2D eigenvalue weighted by atomic mass is 32.1. The lowest BCUT2D eigenvalue weighted by Crippen LogP contribution is -2.16. The van der Waals surface area contributed by atoms with Crippen molar-refractivity contribution in [1.82, 2.24) is 9.38 Å². The molecule has 0 spiro atoms. The Balaban J connectivity index is 1.89. The van der Waals surface area contributed by atoms with Gasteiger partial charge in [-0.05, 0) is 19.1 Å². The molecule has 0 N–H and O–H groups in total. The van der Waals surface area contributed by atoms with Crippen LogP contribution < -0.4 is 10.3 Å². The summed E-state index contributed by atoms with van der Waals surface area (Å²) in [5.74, 6) is 0.490. The maximum Gasteiger partial charge on any atom is 0.259 e. The molecule has 1 aromatic carbocycles. The molecule has 0 fully saturated rings. The predicted octanol–water partition coefficient (Wildman–Crippen LogP) is 2.52. The van der Waals surface area contributed by atoms with Crippen molar-refractivity contribution in [3.05, 3.63) is 63.0 Å². The number of hydrogen-bond donors (Lipinski definition) is 0. The van der Waals surface area contributed by atoms with E-state index < -0.39 is 0 Å². The fourth-order valence-electron chi connectivity index (χ4n) is 2.01. The highest BCUT2D eigenvalue weighted by Gasteiger charge is 2.08. The SMILES string of the molecule is Cc1csc2nc(COc3ccccc3C#N)cc(=O)n12. The van der Waals surface area contributed by atoms with Gasteiger partial charge in [-0.2, -0.15) is 5.26 Å². The number of thiazole rings is 1. The van der Waals surface area contributed by atoms with Crippen molar-refractivity contribution < 1.29 is 4.74 Å². The number of rotatable bonds is 3. The summed E-state index contributed by atoms with van der Waals surface area (Å²) < 4.78 is 7.16. The van der Waals surface area contributed by atoms with Crippen LogP contribution in [0, 0.1) is 18.3 Å². The zero-order chi connectivity index (χ0) is 14.8. The molecule has 0 aliphatic carbocycles. The molecule has 6 heteroatoms. The highest BCUT2D eigenvalue weighted by molar-refractivity contribution is 7.15. The van der Waals surface area contributed by atoms with E-state index in [1.54, 1.807) is 28.7 Å². The molecule has 0 aliphatic rings. The molecular weight excluding hydrogens is 286 g/mol. The van der Waals surface area contributed by atoms with Crippen LogP contribution in [0.1, 0.15) is 17.0 Å². The quantitative estimate of drug-likeness (QED) is 0.745. The van der Waals surface area contributed by atoms with Crippen LogP contribution in [0.2, 0.25) is 0 Å². The predicted molar refractivity (Wildman–Crippen MR) is 79.6 cm³/mol. The largest absolute Gasteiger partial charge is 0.486 e. The summed E-state index contributed by atoms with van der Waals surface area (Å²) in [6.45, 7) is 2.02. The smallest absolute Gasteiger partial charge is 0.259 e. The monoisotopic (exact) mass is 297 g/mol. The second kappa shape index (κ2) is 5.38. The summed E-state index contributed by atoms with van der Waals surface area (Å²) in [5.41, 5.74) is 1.76. The number of nitrogens with zero attached hydrogens (tertiary/aromatic N) is 3. The van der Waals surface area contributed by atoms with E-state index in [-0.39, 0.29) is 12.2 Å². The standard InChI is InChI=1S/C15H11N3O2S/c1-10-9-21-15-17-12(6-14(19)18(10)15)8-20-13-5-3-2-4-11(13)7-16/h2-6,9H,8H2,1H3. The van der Waals surface area contributed by atoms with E-state index in [2.05, 4.69) is 11.1 Å². The van der Waals surface area contributed by atoms with Gasteiger partial charge in [0.05, 0.1) is 11.3 Å². The molecule has 0 aliphatic heterocycles. The van der Waals surface area contributed by atoms with E-state index in [1.807, 2.05) is 12.3 Å². The maximum absolute atomic E-state index is 12.0. The lowest BCUT2D eigenvalue weighted by atomic mass is 10.2. The van der Waals surface area contributed by atoms with Crippen molar-refractivity contribution in [3.63, 3.8) is 0 Å². The number of ether oxygens (including phenoxy) is 1. The second-order valence-corrected chi connectivity index (χ2v) is 5.31. The summed E-state index contributed by atoms with van der Waals surface area (Å²) in [4.78, 5) is 17.1. The molecule has 21 heavy (non-hydrogen) atoms. The van der Waals surface area contributed by atoms with Crippen molar-refractivity contribution in [2.45, 2.75) is 13.5 Å². The van der Waals surface area contributed by atoms with Crippen LogP contribution in [0.5, 0.6) is 5.75 Å². The van der Waals surface area contributed by atoms with E-state index in [9.17, 15) is 4.79 Å². The topological polar surface area (TPSA) is 67.4 Å². The fraction of sp³-hybridized carbons (Fsp3) is 0.133. The number of fused-ring (bicyclic) bond motifs is 1. The van der Waals surface area contributed by atoms with Gasteiger partial charge < -0.3 is 4.74 Å². The average Bonchev–Trinajstić information content (AvgIpc) is 2.87. The molecule has 104 valence electrons. The first kappa shape index (κ1) is 13.3. The molecule has 2 aromatic heterocycles. The molecule has 0 saturated carbocycles. The van der Waals surface area contributed by atoms with E-state index in [0.717, 1.165) is 5.69 Å². The Labute approximate surface area is 124 Å². The minimum Gasteiger partial charge on any atom is -0.486 e. The van der Waals surface area contributed by atoms with Gasteiger partial charge in [-0.15, -0.1) is 11.3 Å². The molecule has 0 radical (unpaired) electrons. The lowest BCUT2D eigenvalue weighted by molar-refractivity contribution is 0.300. The summed E-state index contributed by atoms with van der Waals surface area (Å²) in [6.07, 6.45) is 0. The van der Waals surface area contributed by atoms with Gasteiger partial charge in [0.2, 0.25) is 0 Å². The summed E-state index contributed by atoms with van der Waals surface area (Å²) in [5, 5.41) is 10.9. The van der Waals surface area contributed by atoms with Crippen molar-refractivity contribution in [2.24, 2.45) is 0 Å². The van der Waals surface area contributed by atoms with Gasteiger partial charge in [-0.1, -0.05) is 12.1 Å². The molecule has 0 unspecified atom stereocenters.